The SMILES string of the molecule is CC(CN1CCCC1=O)NC(=O)C(C)(N)C(F)(F)F. The van der Waals surface area contributed by atoms with E-state index in [1.165, 1.54) is 11.8 Å². The largest absolute Gasteiger partial charge is 0.415 e. The van der Waals surface area contributed by atoms with Gasteiger partial charge in [0.15, 0.2) is 5.54 Å². The van der Waals surface area contributed by atoms with E-state index in [0.717, 1.165) is 6.42 Å². The summed E-state index contributed by atoms with van der Waals surface area (Å²) >= 11 is 0. The van der Waals surface area contributed by atoms with E-state index in [2.05, 4.69) is 5.32 Å². The van der Waals surface area contributed by atoms with E-state index in [9.17, 15) is 22.8 Å². The highest BCUT2D eigenvalue weighted by molar-refractivity contribution is 5.87. The molecule has 1 heterocycles. The molecule has 0 aromatic rings. The Morgan fingerprint density at radius 1 is 1.53 bits per heavy atom. The lowest BCUT2D eigenvalue weighted by Crippen LogP contribution is -2.63. The van der Waals surface area contributed by atoms with Gasteiger partial charge in [-0.3, -0.25) is 9.59 Å². The maximum absolute atomic E-state index is 12.6. The summed E-state index contributed by atoms with van der Waals surface area (Å²) in [5.74, 6) is -1.34. The van der Waals surface area contributed by atoms with Gasteiger partial charge in [-0.15, -0.1) is 0 Å². The second-order valence-electron chi connectivity index (χ2n) is 5.02. The van der Waals surface area contributed by atoms with Gasteiger partial charge in [0.25, 0.3) is 0 Å². The predicted molar refractivity (Wildman–Crippen MR) is 62.1 cm³/mol. The Kier molecular flexibility index (Phi) is 4.44. The van der Waals surface area contributed by atoms with Gasteiger partial charge in [0.1, 0.15) is 0 Å². The minimum Gasteiger partial charge on any atom is -0.350 e. The first-order chi connectivity index (χ1) is 8.55. The summed E-state index contributed by atoms with van der Waals surface area (Å²) in [6, 6.07) is -0.584. The van der Waals surface area contributed by atoms with Crippen molar-refractivity contribution in [1.82, 2.24) is 10.2 Å². The van der Waals surface area contributed by atoms with Crippen LogP contribution in [0.3, 0.4) is 0 Å². The van der Waals surface area contributed by atoms with Crippen molar-refractivity contribution >= 4 is 11.8 Å². The van der Waals surface area contributed by atoms with Crippen molar-refractivity contribution in [2.24, 2.45) is 5.73 Å². The molecule has 1 aliphatic rings. The summed E-state index contributed by atoms with van der Waals surface area (Å²) in [6.07, 6.45) is -3.64. The van der Waals surface area contributed by atoms with E-state index in [-0.39, 0.29) is 12.5 Å². The average molecular weight is 281 g/mol. The number of rotatable bonds is 4. The molecule has 8 heteroatoms. The summed E-state index contributed by atoms with van der Waals surface area (Å²) < 4.78 is 37.7. The number of alkyl halides is 3. The van der Waals surface area contributed by atoms with E-state index in [1.54, 1.807) is 0 Å². The Morgan fingerprint density at radius 2 is 2.11 bits per heavy atom. The van der Waals surface area contributed by atoms with Gasteiger partial charge >= 0.3 is 6.18 Å². The van der Waals surface area contributed by atoms with Crippen molar-refractivity contribution < 1.29 is 22.8 Å². The number of nitrogens with two attached hydrogens (primary N) is 1. The Labute approximate surface area is 109 Å². The van der Waals surface area contributed by atoms with Crippen molar-refractivity contribution in [2.75, 3.05) is 13.1 Å². The molecule has 0 spiro atoms. The fourth-order valence-electron chi connectivity index (χ4n) is 1.78. The Bertz CT molecular complexity index is 369. The van der Waals surface area contributed by atoms with Crippen molar-refractivity contribution in [3.63, 3.8) is 0 Å². The molecule has 0 aliphatic carbocycles. The standard InChI is InChI=1S/C11H18F3N3O2/c1-7(6-17-5-3-4-8(17)18)16-9(19)10(2,15)11(12,13)14/h7H,3-6,15H2,1-2H3,(H,16,19). The summed E-state index contributed by atoms with van der Waals surface area (Å²) in [7, 11) is 0. The van der Waals surface area contributed by atoms with Crippen LogP contribution in [0.15, 0.2) is 0 Å². The second kappa shape index (κ2) is 5.36. The average Bonchev–Trinajstić information content (AvgIpc) is 2.62. The molecule has 2 amide bonds. The fraction of sp³-hybridized carbons (Fsp3) is 0.818. The van der Waals surface area contributed by atoms with Crippen LogP contribution >= 0.6 is 0 Å². The van der Waals surface area contributed by atoms with Crippen molar-refractivity contribution in [1.29, 1.82) is 0 Å². The Hall–Kier alpha value is -1.31. The highest BCUT2D eigenvalue weighted by Crippen LogP contribution is 2.28. The number of nitrogens with one attached hydrogen (secondary N) is 1. The van der Waals surface area contributed by atoms with Gasteiger partial charge in [-0.1, -0.05) is 0 Å². The molecule has 1 saturated heterocycles. The van der Waals surface area contributed by atoms with E-state index in [1.807, 2.05) is 0 Å². The highest BCUT2D eigenvalue weighted by atomic mass is 19.4. The normalized spacial score (nSPS) is 21.2. The van der Waals surface area contributed by atoms with Crippen LogP contribution in [0.5, 0.6) is 0 Å². The number of amides is 2. The molecule has 5 nitrogen and oxygen atoms in total. The molecule has 0 aromatic heterocycles. The van der Waals surface area contributed by atoms with E-state index in [4.69, 9.17) is 5.73 Å². The quantitative estimate of drug-likeness (QED) is 0.783. The topological polar surface area (TPSA) is 75.4 Å². The van der Waals surface area contributed by atoms with Crippen LogP contribution in [0, 0.1) is 0 Å². The third-order valence-corrected chi connectivity index (χ3v) is 3.10. The van der Waals surface area contributed by atoms with Crippen LogP contribution in [-0.4, -0.2) is 47.6 Å². The summed E-state index contributed by atoms with van der Waals surface area (Å²) in [5, 5.41) is 2.20. The summed E-state index contributed by atoms with van der Waals surface area (Å²) in [4.78, 5) is 24.4. The van der Waals surface area contributed by atoms with Crippen molar-refractivity contribution in [3.05, 3.63) is 0 Å². The monoisotopic (exact) mass is 281 g/mol. The Balaban J connectivity index is 2.55. The zero-order valence-corrected chi connectivity index (χ0v) is 10.9. The smallest absolute Gasteiger partial charge is 0.350 e. The summed E-state index contributed by atoms with van der Waals surface area (Å²) in [5.41, 5.74) is 2.07. The first-order valence-electron chi connectivity index (χ1n) is 6.00. The number of carbonyl (C=O) groups is 2. The van der Waals surface area contributed by atoms with Crippen LogP contribution in [0.1, 0.15) is 26.7 Å². The third kappa shape index (κ3) is 3.59. The zero-order chi connectivity index (χ0) is 14.8. The van der Waals surface area contributed by atoms with Crippen molar-refractivity contribution in [3.8, 4) is 0 Å². The minimum absolute atomic E-state index is 0.0487. The van der Waals surface area contributed by atoms with Gasteiger partial charge < -0.3 is 16.0 Å². The number of likely N-dealkylation sites (tertiary alicyclic amines) is 1. The molecule has 2 atom stereocenters. The van der Waals surface area contributed by atoms with Crippen LogP contribution < -0.4 is 11.1 Å². The first kappa shape index (κ1) is 15.7. The van der Waals surface area contributed by atoms with E-state index < -0.39 is 23.7 Å². The zero-order valence-electron chi connectivity index (χ0n) is 10.9. The van der Waals surface area contributed by atoms with Crippen molar-refractivity contribution in [2.45, 2.75) is 44.4 Å². The molecule has 110 valence electrons. The molecule has 0 aromatic carbocycles. The lowest BCUT2D eigenvalue weighted by atomic mass is 10.0. The molecule has 1 aliphatic heterocycles. The molecule has 3 N–H and O–H groups in total. The van der Waals surface area contributed by atoms with Gasteiger partial charge in [-0.25, -0.2) is 0 Å². The molecule has 1 fully saturated rings. The van der Waals surface area contributed by atoms with Gasteiger partial charge in [-0.2, -0.15) is 13.2 Å². The lowest BCUT2D eigenvalue weighted by molar-refractivity contribution is -0.187. The van der Waals surface area contributed by atoms with Crippen LogP contribution in [0.4, 0.5) is 13.2 Å². The molecule has 0 saturated carbocycles. The second-order valence-corrected chi connectivity index (χ2v) is 5.02. The molecule has 19 heavy (non-hydrogen) atoms. The molecular weight excluding hydrogens is 263 g/mol. The van der Waals surface area contributed by atoms with Gasteiger partial charge in [0.2, 0.25) is 11.8 Å². The number of hydrogen-bond donors (Lipinski definition) is 2. The van der Waals surface area contributed by atoms with Gasteiger partial charge in [0.05, 0.1) is 0 Å². The Morgan fingerprint density at radius 3 is 2.53 bits per heavy atom. The number of hydrogen-bond acceptors (Lipinski definition) is 3. The summed E-state index contributed by atoms with van der Waals surface area (Å²) in [6.45, 7) is 2.92. The van der Waals surface area contributed by atoms with E-state index in [0.29, 0.717) is 19.9 Å². The van der Waals surface area contributed by atoms with Gasteiger partial charge in [0, 0.05) is 25.6 Å². The molecule has 0 radical (unpaired) electrons. The first-order valence-corrected chi connectivity index (χ1v) is 6.00. The van der Waals surface area contributed by atoms with Crippen LogP contribution in [-0.2, 0) is 9.59 Å². The maximum Gasteiger partial charge on any atom is 0.415 e. The number of halogens is 3. The maximum atomic E-state index is 12.6. The highest BCUT2D eigenvalue weighted by Gasteiger charge is 2.54. The lowest BCUT2D eigenvalue weighted by Gasteiger charge is -2.29. The molecule has 0 bridgehead atoms. The molecule has 1 rings (SSSR count). The molecular formula is C11H18F3N3O2. The third-order valence-electron chi connectivity index (χ3n) is 3.10. The fourth-order valence-corrected chi connectivity index (χ4v) is 1.78. The molecule has 2 unspecified atom stereocenters. The van der Waals surface area contributed by atoms with Gasteiger partial charge in [-0.05, 0) is 20.3 Å². The van der Waals surface area contributed by atoms with Crippen LogP contribution in [0.2, 0.25) is 0 Å². The number of nitrogens with zero attached hydrogens (tertiary/aromatic N) is 1. The number of carbonyl (C=O) groups excluding carboxylic acids is 2. The van der Waals surface area contributed by atoms with E-state index >= 15 is 0 Å². The van der Waals surface area contributed by atoms with Crippen LogP contribution in [0.25, 0.3) is 0 Å². The predicted octanol–water partition coefficient (Wildman–Crippen LogP) is 0.393. The minimum atomic E-state index is -4.82.